The minimum absolute atomic E-state index is 0.0662. The van der Waals surface area contributed by atoms with Crippen LogP contribution in [-0.2, 0) is 9.53 Å². The average molecular weight is 350 g/mol. The Bertz CT molecular complexity index is 654. The molecular formula is C17H22N2O6. The third kappa shape index (κ3) is 3.13. The summed E-state index contributed by atoms with van der Waals surface area (Å²) in [6, 6.07) is 8.10. The van der Waals surface area contributed by atoms with Gasteiger partial charge >= 0.3 is 6.03 Å². The first-order valence-corrected chi connectivity index (χ1v) is 8.16. The van der Waals surface area contributed by atoms with Crippen LogP contribution in [0.5, 0.6) is 0 Å². The molecule has 2 heterocycles. The zero-order valence-electron chi connectivity index (χ0n) is 13.8. The van der Waals surface area contributed by atoms with E-state index in [0.717, 1.165) is 0 Å². The molecule has 3 amide bonds. The molecule has 1 aromatic rings. The van der Waals surface area contributed by atoms with E-state index in [1.54, 1.807) is 37.3 Å². The normalized spacial score (nSPS) is 34.1. The number of ether oxygens (including phenoxy) is 1. The topological polar surface area (TPSA) is 119 Å². The molecule has 4 N–H and O–H groups in total. The summed E-state index contributed by atoms with van der Waals surface area (Å²) in [6.07, 6.45) is -3.44. The quantitative estimate of drug-likeness (QED) is 0.594. The van der Waals surface area contributed by atoms with Crippen molar-refractivity contribution in [1.29, 1.82) is 0 Å². The first-order chi connectivity index (χ1) is 11.9. The lowest BCUT2D eigenvalue weighted by molar-refractivity contribution is -0.146. The third-order valence-corrected chi connectivity index (χ3v) is 4.95. The lowest BCUT2D eigenvalue weighted by atomic mass is 9.78. The van der Waals surface area contributed by atoms with Crippen LogP contribution in [-0.4, -0.2) is 63.7 Å². The largest absolute Gasteiger partial charge is 0.394 e. The molecule has 1 aromatic carbocycles. The Hall–Kier alpha value is -2.00. The zero-order valence-corrected chi connectivity index (χ0v) is 13.8. The molecule has 0 saturated carbocycles. The number of benzene rings is 1. The lowest BCUT2D eigenvalue weighted by Crippen LogP contribution is -2.63. The van der Waals surface area contributed by atoms with E-state index in [4.69, 9.17) is 4.74 Å². The summed E-state index contributed by atoms with van der Waals surface area (Å²) in [5.41, 5.74) is -0.712. The number of hydrogen-bond donors (Lipinski definition) is 4. The number of rotatable bonds is 4. The molecule has 0 aliphatic carbocycles. The number of nitrogens with one attached hydrogen (secondary N) is 1. The number of carbonyl (C=O) groups is 2. The van der Waals surface area contributed by atoms with Gasteiger partial charge in [-0.05, 0) is 12.5 Å². The van der Waals surface area contributed by atoms with Gasteiger partial charge in [0.05, 0.1) is 24.2 Å². The molecule has 8 nitrogen and oxygen atoms in total. The number of carbonyl (C=O) groups excluding carboxylic acids is 2. The standard InChI is InChI=1S/C17H22N2O6/c1-17(14(22)10-5-3-2-4-6-10)9-19(16(24)18-15(17)23)13-7-11(21)12(8-20)25-13/h2-6,11-14,20-22H,7-9H2,1H3,(H,18,23,24)/t11-,12+,13+,14?,17?/m0/s1. The molecule has 0 spiro atoms. The van der Waals surface area contributed by atoms with Crippen LogP contribution in [0.25, 0.3) is 0 Å². The van der Waals surface area contributed by atoms with Crippen molar-refractivity contribution < 1.29 is 29.6 Å². The monoisotopic (exact) mass is 350 g/mol. The van der Waals surface area contributed by atoms with E-state index >= 15 is 0 Å². The van der Waals surface area contributed by atoms with Gasteiger partial charge < -0.3 is 20.1 Å². The van der Waals surface area contributed by atoms with Gasteiger partial charge in [-0.2, -0.15) is 0 Å². The Kier molecular flexibility index (Phi) is 4.79. The van der Waals surface area contributed by atoms with Crippen LogP contribution in [0.4, 0.5) is 4.79 Å². The van der Waals surface area contributed by atoms with Gasteiger partial charge in [0.1, 0.15) is 12.3 Å². The highest BCUT2D eigenvalue weighted by Crippen LogP contribution is 2.38. The molecule has 0 bridgehead atoms. The Morgan fingerprint density at radius 2 is 2.04 bits per heavy atom. The molecule has 2 aliphatic rings. The number of aliphatic hydroxyl groups excluding tert-OH is 3. The molecule has 8 heteroatoms. The molecule has 0 radical (unpaired) electrons. The summed E-state index contributed by atoms with van der Waals surface area (Å²) >= 11 is 0. The van der Waals surface area contributed by atoms with E-state index < -0.39 is 41.9 Å². The van der Waals surface area contributed by atoms with Crippen LogP contribution >= 0.6 is 0 Å². The van der Waals surface area contributed by atoms with E-state index in [9.17, 15) is 24.9 Å². The van der Waals surface area contributed by atoms with Crippen LogP contribution in [0, 0.1) is 5.41 Å². The minimum atomic E-state index is -1.28. The van der Waals surface area contributed by atoms with Gasteiger partial charge in [0.15, 0.2) is 0 Å². The maximum absolute atomic E-state index is 12.4. The fourth-order valence-electron chi connectivity index (χ4n) is 3.33. The number of aliphatic hydroxyl groups is 3. The summed E-state index contributed by atoms with van der Waals surface area (Å²) in [7, 11) is 0. The molecule has 5 atom stereocenters. The van der Waals surface area contributed by atoms with Crippen molar-refractivity contribution in [3.05, 3.63) is 35.9 Å². The van der Waals surface area contributed by atoms with Gasteiger partial charge in [-0.15, -0.1) is 0 Å². The molecular weight excluding hydrogens is 328 g/mol. The van der Waals surface area contributed by atoms with Crippen molar-refractivity contribution in [2.45, 2.75) is 37.9 Å². The second-order valence-corrected chi connectivity index (χ2v) is 6.73. The Balaban J connectivity index is 1.83. The molecule has 2 aliphatic heterocycles. The van der Waals surface area contributed by atoms with Gasteiger partial charge in [0.25, 0.3) is 0 Å². The van der Waals surface area contributed by atoms with Gasteiger partial charge in [0, 0.05) is 13.0 Å². The van der Waals surface area contributed by atoms with Crippen molar-refractivity contribution in [2.75, 3.05) is 13.2 Å². The SMILES string of the molecule is CC1(C(O)c2ccccc2)CN([C@H]2C[C@H](O)[C@@H](CO)O2)C(=O)NC1=O. The average Bonchev–Trinajstić information content (AvgIpc) is 2.99. The second kappa shape index (κ2) is 6.72. The van der Waals surface area contributed by atoms with Crippen molar-refractivity contribution >= 4 is 11.9 Å². The van der Waals surface area contributed by atoms with Crippen molar-refractivity contribution in [3.8, 4) is 0 Å². The molecule has 136 valence electrons. The summed E-state index contributed by atoms with van der Waals surface area (Å²) in [6.45, 7) is 1.15. The molecule has 25 heavy (non-hydrogen) atoms. The smallest absolute Gasteiger partial charge is 0.326 e. The fourth-order valence-corrected chi connectivity index (χ4v) is 3.33. The van der Waals surface area contributed by atoms with Gasteiger partial charge in [-0.1, -0.05) is 30.3 Å². The predicted molar refractivity (Wildman–Crippen MR) is 86.1 cm³/mol. The highest BCUT2D eigenvalue weighted by molar-refractivity contribution is 6.00. The number of hydrogen-bond acceptors (Lipinski definition) is 6. The van der Waals surface area contributed by atoms with Gasteiger partial charge in [-0.25, -0.2) is 4.79 Å². The number of nitrogens with zero attached hydrogens (tertiary/aromatic N) is 1. The minimum Gasteiger partial charge on any atom is -0.394 e. The summed E-state index contributed by atoms with van der Waals surface area (Å²) in [5, 5.41) is 32.1. The van der Waals surface area contributed by atoms with Gasteiger partial charge in [0.2, 0.25) is 5.91 Å². The highest BCUT2D eigenvalue weighted by atomic mass is 16.5. The van der Waals surface area contributed by atoms with Crippen LogP contribution in [0.3, 0.4) is 0 Å². The number of amides is 3. The van der Waals surface area contributed by atoms with E-state index in [1.165, 1.54) is 4.90 Å². The molecule has 2 saturated heterocycles. The Morgan fingerprint density at radius 3 is 2.64 bits per heavy atom. The highest BCUT2D eigenvalue weighted by Gasteiger charge is 2.51. The molecule has 3 rings (SSSR count). The van der Waals surface area contributed by atoms with E-state index in [2.05, 4.69) is 5.32 Å². The van der Waals surface area contributed by atoms with Crippen LogP contribution in [0.2, 0.25) is 0 Å². The predicted octanol–water partition coefficient (Wildman–Crippen LogP) is -0.254. The molecule has 2 unspecified atom stereocenters. The van der Waals surface area contributed by atoms with E-state index in [0.29, 0.717) is 5.56 Å². The number of imide groups is 1. The molecule has 0 aromatic heterocycles. The first-order valence-electron chi connectivity index (χ1n) is 8.16. The zero-order chi connectivity index (χ0) is 18.2. The fraction of sp³-hybridized carbons (Fsp3) is 0.529. The summed E-state index contributed by atoms with van der Waals surface area (Å²) < 4.78 is 5.52. The van der Waals surface area contributed by atoms with Crippen LogP contribution in [0.15, 0.2) is 30.3 Å². The Morgan fingerprint density at radius 1 is 1.36 bits per heavy atom. The molecule has 2 fully saturated rings. The van der Waals surface area contributed by atoms with E-state index in [1.807, 2.05) is 0 Å². The third-order valence-electron chi connectivity index (χ3n) is 4.95. The first kappa shape index (κ1) is 17.8. The Labute approximate surface area is 145 Å². The van der Waals surface area contributed by atoms with Crippen LogP contribution in [0.1, 0.15) is 25.0 Å². The van der Waals surface area contributed by atoms with Crippen LogP contribution < -0.4 is 5.32 Å². The lowest BCUT2D eigenvalue weighted by Gasteiger charge is -2.43. The van der Waals surface area contributed by atoms with Crippen molar-refractivity contribution in [2.24, 2.45) is 5.41 Å². The van der Waals surface area contributed by atoms with Crippen molar-refractivity contribution in [3.63, 3.8) is 0 Å². The summed E-state index contributed by atoms with van der Waals surface area (Å²) in [5.74, 6) is -0.567. The van der Waals surface area contributed by atoms with Crippen molar-refractivity contribution in [1.82, 2.24) is 10.2 Å². The number of urea groups is 1. The second-order valence-electron chi connectivity index (χ2n) is 6.73. The van der Waals surface area contributed by atoms with E-state index in [-0.39, 0.29) is 19.6 Å². The maximum Gasteiger partial charge on any atom is 0.326 e. The maximum atomic E-state index is 12.4. The van der Waals surface area contributed by atoms with Gasteiger partial charge in [-0.3, -0.25) is 15.0 Å². The summed E-state index contributed by atoms with van der Waals surface area (Å²) in [4.78, 5) is 26.0.